The molecule has 0 radical (unpaired) electrons. The summed E-state index contributed by atoms with van der Waals surface area (Å²) < 4.78 is 0. The quantitative estimate of drug-likeness (QED) is 0.171. The van der Waals surface area contributed by atoms with Gasteiger partial charge in [0.05, 0.1) is 17.4 Å². The summed E-state index contributed by atoms with van der Waals surface area (Å²) in [5, 5.41) is 0. The lowest BCUT2D eigenvalue weighted by Crippen LogP contribution is -2.35. The third-order valence-corrected chi connectivity index (χ3v) is 12.1. The Labute approximate surface area is 338 Å². The molecule has 6 unspecified atom stereocenters. The molecule has 0 fully saturated rings. The monoisotopic (exact) mass is 745 g/mol. The van der Waals surface area contributed by atoms with Crippen molar-refractivity contribution in [3.63, 3.8) is 0 Å². The largest absolute Gasteiger partial charge is 0.280 e. The zero-order valence-corrected chi connectivity index (χ0v) is 31.8. The van der Waals surface area contributed by atoms with Crippen molar-refractivity contribution in [2.45, 2.75) is 12.0 Å². The van der Waals surface area contributed by atoms with E-state index in [1.807, 2.05) is 6.07 Å². The molecule has 276 valence electrons. The average molecular weight is 746 g/mol. The van der Waals surface area contributed by atoms with Crippen LogP contribution >= 0.6 is 0 Å². The molecule has 6 aromatic rings. The van der Waals surface area contributed by atoms with Gasteiger partial charge in [0.1, 0.15) is 0 Å². The van der Waals surface area contributed by atoms with Gasteiger partial charge in [-0.1, -0.05) is 176 Å². The van der Waals surface area contributed by atoms with Crippen LogP contribution in [0, 0.1) is 23.7 Å². The van der Waals surface area contributed by atoms with Gasteiger partial charge in [0, 0.05) is 46.1 Å². The zero-order valence-electron chi connectivity index (χ0n) is 31.8. The third kappa shape index (κ3) is 6.16. The molecular formula is C53H39N5. The van der Waals surface area contributed by atoms with E-state index >= 15 is 0 Å². The van der Waals surface area contributed by atoms with Crippen LogP contribution in [0.15, 0.2) is 210 Å². The Morgan fingerprint density at radius 3 is 1.81 bits per heavy atom. The van der Waals surface area contributed by atoms with Crippen LogP contribution in [0.3, 0.4) is 0 Å². The Balaban J connectivity index is 1.02. The minimum Gasteiger partial charge on any atom is -0.280 e. The lowest BCUT2D eigenvalue weighted by atomic mass is 9.69. The minimum absolute atomic E-state index is 0.0227. The van der Waals surface area contributed by atoms with Gasteiger partial charge < -0.3 is 0 Å². The number of rotatable bonds is 6. The van der Waals surface area contributed by atoms with E-state index in [1.165, 1.54) is 11.1 Å². The Morgan fingerprint density at radius 1 is 0.397 bits per heavy atom. The van der Waals surface area contributed by atoms with Crippen molar-refractivity contribution in [1.82, 2.24) is 15.0 Å². The molecule has 3 aliphatic carbocycles. The number of para-hydroxylation sites is 1. The van der Waals surface area contributed by atoms with Gasteiger partial charge in [-0.25, -0.2) is 15.0 Å². The first kappa shape index (κ1) is 34.2. The predicted molar refractivity (Wildman–Crippen MR) is 236 cm³/mol. The van der Waals surface area contributed by atoms with Gasteiger partial charge in [-0.3, -0.25) is 9.98 Å². The van der Waals surface area contributed by atoms with Crippen LogP contribution in [0.4, 0.5) is 5.69 Å². The van der Waals surface area contributed by atoms with Crippen LogP contribution < -0.4 is 0 Å². The second-order valence-electron chi connectivity index (χ2n) is 15.5. The summed E-state index contributed by atoms with van der Waals surface area (Å²) in [4.78, 5) is 26.2. The summed E-state index contributed by atoms with van der Waals surface area (Å²) in [5.41, 5.74) is 11.8. The lowest BCUT2D eigenvalue weighted by molar-refractivity contribution is 0.348. The van der Waals surface area contributed by atoms with E-state index in [9.17, 15) is 0 Å². The molecule has 11 rings (SSSR count). The standard InChI is InChI=1S/C53H39N5/c1-2-14-34(15-3-1)35-28-30-36(31-29-35)51-56-52(39-18-12-16-37(32-39)49-45-24-6-4-20-41(45)43-22-8-10-26-47(43)54-49)58-53(57-51)40-19-13-17-38(33-40)50-46-25-7-5-21-42(46)44-23-9-11-27-48(44)55-50/h1-33,41-43,45-46,49H. The zero-order chi connectivity index (χ0) is 38.4. The highest BCUT2D eigenvalue weighted by Crippen LogP contribution is 2.46. The molecule has 5 aliphatic rings. The summed E-state index contributed by atoms with van der Waals surface area (Å²) >= 11 is 0. The molecule has 0 saturated heterocycles. The van der Waals surface area contributed by atoms with Crippen LogP contribution in [-0.4, -0.2) is 26.4 Å². The molecule has 0 N–H and O–H groups in total. The highest BCUT2D eigenvalue weighted by molar-refractivity contribution is 6.07. The second-order valence-corrected chi connectivity index (χ2v) is 15.5. The topological polar surface area (TPSA) is 63.4 Å². The van der Waals surface area contributed by atoms with Crippen molar-refractivity contribution in [2.24, 2.45) is 33.7 Å². The van der Waals surface area contributed by atoms with Crippen molar-refractivity contribution in [3.05, 3.63) is 217 Å². The van der Waals surface area contributed by atoms with Crippen molar-refractivity contribution in [1.29, 1.82) is 0 Å². The summed E-state index contributed by atoms with van der Waals surface area (Å²) in [5.74, 6) is 3.14. The van der Waals surface area contributed by atoms with Crippen molar-refractivity contribution >= 4 is 17.1 Å². The molecule has 0 saturated carbocycles. The SMILES string of the molecule is C1=CC2=NC(c3cccc(-c4nc(-c5ccc(-c6ccccc6)cc5)nc(-c5cccc(C6=Nc7ccccc7C7C=CC=CC67)c5)n4)c3)C3C=CC=CC3C2C=C1. The third-order valence-electron chi connectivity index (χ3n) is 12.1. The first-order chi connectivity index (χ1) is 28.7. The summed E-state index contributed by atoms with van der Waals surface area (Å²) in [6.45, 7) is 0. The molecule has 5 nitrogen and oxygen atoms in total. The number of fused-ring (bicyclic) bond motifs is 6. The maximum absolute atomic E-state index is 5.37. The fraction of sp³-hybridized carbons (Fsp3) is 0.113. The van der Waals surface area contributed by atoms with Crippen LogP contribution in [-0.2, 0) is 0 Å². The highest BCUT2D eigenvalue weighted by atomic mass is 15.0. The molecule has 5 aromatic carbocycles. The van der Waals surface area contributed by atoms with Crippen molar-refractivity contribution < 1.29 is 0 Å². The maximum atomic E-state index is 5.37. The molecule has 0 spiro atoms. The minimum atomic E-state index is -0.0227. The van der Waals surface area contributed by atoms with E-state index in [4.69, 9.17) is 24.9 Å². The highest BCUT2D eigenvalue weighted by Gasteiger charge is 2.39. The second kappa shape index (κ2) is 14.4. The van der Waals surface area contributed by atoms with E-state index in [0.29, 0.717) is 29.3 Å². The number of aromatic nitrogens is 3. The van der Waals surface area contributed by atoms with Crippen LogP contribution in [0.25, 0.3) is 45.3 Å². The summed E-state index contributed by atoms with van der Waals surface area (Å²) in [6.07, 6.45) is 26.6. The first-order valence-corrected chi connectivity index (χ1v) is 20.2. The molecule has 2 aliphatic heterocycles. The average Bonchev–Trinajstić information content (AvgIpc) is 3.31. The van der Waals surface area contributed by atoms with E-state index < -0.39 is 0 Å². The molecule has 58 heavy (non-hydrogen) atoms. The number of hydrogen-bond acceptors (Lipinski definition) is 5. The Bertz CT molecular complexity index is 2820. The number of benzene rings is 5. The van der Waals surface area contributed by atoms with Gasteiger partial charge in [-0.15, -0.1) is 0 Å². The smallest absolute Gasteiger partial charge is 0.164 e. The van der Waals surface area contributed by atoms with Crippen LogP contribution in [0.5, 0.6) is 0 Å². The first-order valence-electron chi connectivity index (χ1n) is 20.2. The van der Waals surface area contributed by atoms with Gasteiger partial charge in [-0.05, 0) is 58.0 Å². The number of allylic oxidation sites excluding steroid dienone is 11. The summed E-state index contributed by atoms with van der Waals surface area (Å²) in [6, 6.07) is 44.6. The fourth-order valence-electron chi connectivity index (χ4n) is 9.24. The molecule has 0 bridgehead atoms. The maximum Gasteiger partial charge on any atom is 0.164 e. The Kier molecular flexibility index (Phi) is 8.50. The molecule has 0 amide bonds. The number of nitrogens with zero attached hydrogens (tertiary/aromatic N) is 5. The molecule has 5 heteroatoms. The van der Waals surface area contributed by atoms with Gasteiger partial charge in [0.25, 0.3) is 0 Å². The molecular weight excluding hydrogens is 707 g/mol. The number of hydrogen-bond donors (Lipinski definition) is 0. The van der Waals surface area contributed by atoms with E-state index in [1.54, 1.807) is 0 Å². The molecule has 6 atom stereocenters. The van der Waals surface area contributed by atoms with Gasteiger partial charge in [-0.2, -0.15) is 0 Å². The van der Waals surface area contributed by atoms with Crippen LogP contribution in [0.2, 0.25) is 0 Å². The van der Waals surface area contributed by atoms with E-state index in [2.05, 4.69) is 194 Å². The normalized spacial score (nSPS) is 23.3. The predicted octanol–water partition coefficient (Wildman–Crippen LogP) is 12.1. The van der Waals surface area contributed by atoms with Crippen molar-refractivity contribution in [3.8, 4) is 45.3 Å². The van der Waals surface area contributed by atoms with Gasteiger partial charge >= 0.3 is 0 Å². The van der Waals surface area contributed by atoms with Crippen molar-refractivity contribution in [2.75, 3.05) is 0 Å². The van der Waals surface area contributed by atoms with E-state index in [0.717, 1.165) is 50.5 Å². The Morgan fingerprint density at radius 2 is 0.983 bits per heavy atom. The van der Waals surface area contributed by atoms with E-state index in [-0.39, 0.29) is 23.8 Å². The number of aliphatic imine (C=N–C) groups is 2. The summed E-state index contributed by atoms with van der Waals surface area (Å²) in [7, 11) is 0. The van der Waals surface area contributed by atoms with Gasteiger partial charge in [0.2, 0.25) is 0 Å². The fourth-order valence-corrected chi connectivity index (χ4v) is 9.24. The lowest BCUT2D eigenvalue weighted by Gasteiger charge is -2.39. The molecule has 1 aromatic heterocycles. The molecule has 3 heterocycles. The Hall–Kier alpha value is -7.11. The van der Waals surface area contributed by atoms with Gasteiger partial charge in [0.15, 0.2) is 17.5 Å². The van der Waals surface area contributed by atoms with Crippen LogP contribution in [0.1, 0.15) is 28.7 Å².